The van der Waals surface area contributed by atoms with Crippen molar-refractivity contribution in [3.05, 3.63) is 40.4 Å². The molecule has 0 saturated heterocycles. The fraction of sp³-hybridized carbons (Fsp3) is 0.286. The Bertz CT molecular complexity index is 625. The first-order valence-electron chi connectivity index (χ1n) is 5.93. The van der Waals surface area contributed by atoms with Crippen LogP contribution in [0.4, 0.5) is 0 Å². The molecule has 2 aromatic rings. The molecule has 0 aliphatic carbocycles. The first-order chi connectivity index (χ1) is 8.81. The summed E-state index contributed by atoms with van der Waals surface area (Å²) in [6.07, 6.45) is 6.85. The fourth-order valence-electron chi connectivity index (χ4n) is 1.74. The van der Waals surface area contributed by atoms with Crippen LogP contribution in [0.2, 0.25) is 0 Å². The third-order valence-corrected chi connectivity index (χ3v) is 2.63. The van der Waals surface area contributed by atoms with Crippen molar-refractivity contribution in [3.63, 3.8) is 0 Å². The number of hydrogen-bond acceptors (Lipinski definition) is 3. The molecule has 18 heavy (non-hydrogen) atoms. The molecule has 92 valence electrons. The standard InChI is InChI=1S/C14H15N3O/c1-2-3-6-9-15-10-13-16-12-8-5-4-7-11(12)14(18)17-13/h1,4-5,7-8,15H,3,6,9-10H2,(H,16,17,18). The Morgan fingerprint density at radius 1 is 1.39 bits per heavy atom. The van der Waals surface area contributed by atoms with Gasteiger partial charge in [-0.05, 0) is 25.1 Å². The Morgan fingerprint density at radius 2 is 2.22 bits per heavy atom. The Balaban J connectivity index is 2.06. The van der Waals surface area contributed by atoms with Gasteiger partial charge in [-0.1, -0.05) is 12.1 Å². The smallest absolute Gasteiger partial charge is 0.258 e. The lowest BCUT2D eigenvalue weighted by Gasteiger charge is -2.04. The van der Waals surface area contributed by atoms with E-state index in [4.69, 9.17) is 6.42 Å². The highest BCUT2D eigenvalue weighted by atomic mass is 16.1. The second-order valence-corrected chi connectivity index (χ2v) is 4.01. The molecule has 0 spiro atoms. The minimum Gasteiger partial charge on any atom is -0.310 e. The monoisotopic (exact) mass is 241 g/mol. The van der Waals surface area contributed by atoms with Crippen molar-refractivity contribution in [2.75, 3.05) is 6.54 Å². The van der Waals surface area contributed by atoms with E-state index in [0.29, 0.717) is 17.8 Å². The van der Waals surface area contributed by atoms with E-state index in [9.17, 15) is 4.79 Å². The summed E-state index contributed by atoms with van der Waals surface area (Å²) in [4.78, 5) is 19.0. The maximum absolute atomic E-state index is 11.8. The number of hydrogen-bond donors (Lipinski definition) is 2. The highest BCUT2D eigenvalue weighted by Gasteiger charge is 2.02. The normalized spacial score (nSPS) is 10.4. The third-order valence-electron chi connectivity index (χ3n) is 2.63. The maximum atomic E-state index is 11.8. The predicted octanol–water partition coefficient (Wildman–Crippen LogP) is 1.43. The first-order valence-corrected chi connectivity index (χ1v) is 5.93. The summed E-state index contributed by atoms with van der Waals surface area (Å²) in [7, 11) is 0. The lowest BCUT2D eigenvalue weighted by Crippen LogP contribution is -2.20. The second-order valence-electron chi connectivity index (χ2n) is 4.01. The molecule has 1 aromatic heterocycles. The van der Waals surface area contributed by atoms with Gasteiger partial charge < -0.3 is 10.3 Å². The summed E-state index contributed by atoms with van der Waals surface area (Å²) in [5, 5.41) is 3.82. The zero-order valence-electron chi connectivity index (χ0n) is 10.1. The number of aromatic amines is 1. The van der Waals surface area contributed by atoms with Crippen molar-refractivity contribution in [2.24, 2.45) is 0 Å². The first kappa shape index (κ1) is 12.3. The number of terminal acetylenes is 1. The fourth-order valence-corrected chi connectivity index (χ4v) is 1.74. The maximum Gasteiger partial charge on any atom is 0.258 e. The van der Waals surface area contributed by atoms with Gasteiger partial charge in [0, 0.05) is 6.42 Å². The van der Waals surface area contributed by atoms with E-state index < -0.39 is 0 Å². The van der Waals surface area contributed by atoms with E-state index in [2.05, 4.69) is 21.2 Å². The molecule has 0 aliphatic heterocycles. The van der Waals surface area contributed by atoms with Crippen LogP contribution in [-0.4, -0.2) is 16.5 Å². The Labute approximate surface area is 105 Å². The number of H-pyrrole nitrogens is 1. The molecule has 0 atom stereocenters. The number of nitrogens with one attached hydrogen (secondary N) is 2. The molecule has 1 aromatic carbocycles. The average molecular weight is 241 g/mol. The summed E-state index contributed by atoms with van der Waals surface area (Å²) >= 11 is 0. The van der Waals surface area contributed by atoms with Crippen molar-refractivity contribution in [1.82, 2.24) is 15.3 Å². The van der Waals surface area contributed by atoms with Gasteiger partial charge in [0.25, 0.3) is 5.56 Å². The van der Waals surface area contributed by atoms with E-state index >= 15 is 0 Å². The molecule has 0 aliphatic rings. The van der Waals surface area contributed by atoms with Crippen LogP contribution in [0.5, 0.6) is 0 Å². The van der Waals surface area contributed by atoms with E-state index in [1.54, 1.807) is 6.07 Å². The molecule has 4 heteroatoms. The van der Waals surface area contributed by atoms with Gasteiger partial charge in [-0.2, -0.15) is 0 Å². The Hall–Kier alpha value is -2.12. The van der Waals surface area contributed by atoms with Crippen molar-refractivity contribution in [1.29, 1.82) is 0 Å². The summed E-state index contributed by atoms with van der Waals surface area (Å²) < 4.78 is 0. The summed E-state index contributed by atoms with van der Waals surface area (Å²) in [6.45, 7) is 1.37. The lowest BCUT2D eigenvalue weighted by atomic mass is 10.2. The molecule has 1 heterocycles. The largest absolute Gasteiger partial charge is 0.310 e. The molecular formula is C14H15N3O. The van der Waals surface area contributed by atoms with E-state index in [1.165, 1.54) is 0 Å². The van der Waals surface area contributed by atoms with Crippen LogP contribution in [0.25, 0.3) is 10.9 Å². The molecule has 0 saturated carbocycles. The molecule has 4 nitrogen and oxygen atoms in total. The van der Waals surface area contributed by atoms with Crippen LogP contribution in [-0.2, 0) is 6.54 Å². The molecule has 0 fully saturated rings. The number of fused-ring (bicyclic) bond motifs is 1. The number of unbranched alkanes of at least 4 members (excludes halogenated alkanes) is 1. The van der Waals surface area contributed by atoms with E-state index in [0.717, 1.165) is 24.9 Å². The van der Waals surface area contributed by atoms with Gasteiger partial charge >= 0.3 is 0 Å². The van der Waals surface area contributed by atoms with Crippen LogP contribution >= 0.6 is 0 Å². The quantitative estimate of drug-likeness (QED) is 0.615. The van der Waals surface area contributed by atoms with Crippen molar-refractivity contribution in [3.8, 4) is 12.3 Å². The van der Waals surface area contributed by atoms with Crippen molar-refractivity contribution >= 4 is 10.9 Å². The van der Waals surface area contributed by atoms with E-state index in [-0.39, 0.29) is 5.56 Å². The van der Waals surface area contributed by atoms with Crippen LogP contribution in [0.1, 0.15) is 18.7 Å². The van der Waals surface area contributed by atoms with Gasteiger partial charge in [-0.3, -0.25) is 4.79 Å². The molecule has 2 N–H and O–H groups in total. The average Bonchev–Trinajstić information content (AvgIpc) is 2.39. The van der Waals surface area contributed by atoms with Crippen LogP contribution < -0.4 is 10.9 Å². The number of benzene rings is 1. The van der Waals surface area contributed by atoms with Crippen LogP contribution in [0.15, 0.2) is 29.1 Å². The SMILES string of the molecule is C#CCCCNCc1nc2ccccc2c(=O)[nH]1. The molecule has 0 radical (unpaired) electrons. The topological polar surface area (TPSA) is 57.8 Å². The summed E-state index contributed by atoms with van der Waals surface area (Å²) in [5.74, 6) is 3.24. The van der Waals surface area contributed by atoms with E-state index in [1.807, 2.05) is 18.2 Å². The van der Waals surface area contributed by atoms with Gasteiger partial charge in [0.15, 0.2) is 0 Å². The summed E-state index contributed by atoms with van der Waals surface area (Å²) in [6, 6.07) is 7.31. The predicted molar refractivity (Wildman–Crippen MR) is 72.1 cm³/mol. The lowest BCUT2D eigenvalue weighted by molar-refractivity contribution is 0.637. The zero-order chi connectivity index (χ0) is 12.8. The van der Waals surface area contributed by atoms with Gasteiger partial charge in [0.05, 0.1) is 17.4 Å². The molecule has 0 unspecified atom stereocenters. The van der Waals surface area contributed by atoms with Crippen LogP contribution in [0, 0.1) is 12.3 Å². The third kappa shape index (κ3) is 2.96. The van der Waals surface area contributed by atoms with Gasteiger partial charge in [-0.15, -0.1) is 12.3 Å². The Morgan fingerprint density at radius 3 is 3.06 bits per heavy atom. The molecule has 2 rings (SSSR count). The van der Waals surface area contributed by atoms with Gasteiger partial charge in [-0.25, -0.2) is 4.98 Å². The minimum absolute atomic E-state index is 0.0963. The Kier molecular flexibility index (Phi) is 4.11. The molecule has 0 amide bonds. The zero-order valence-corrected chi connectivity index (χ0v) is 10.1. The van der Waals surface area contributed by atoms with Gasteiger partial charge in [0.2, 0.25) is 0 Å². The van der Waals surface area contributed by atoms with Crippen molar-refractivity contribution in [2.45, 2.75) is 19.4 Å². The minimum atomic E-state index is -0.0963. The summed E-state index contributed by atoms with van der Waals surface area (Å²) in [5.41, 5.74) is 0.627. The molecule has 0 bridgehead atoms. The van der Waals surface area contributed by atoms with Gasteiger partial charge in [0.1, 0.15) is 5.82 Å². The number of nitrogens with zero attached hydrogens (tertiary/aromatic N) is 1. The highest BCUT2D eigenvalue weighted by Crippen LogP contribution is 2.05. The highest BCUT2D eigenvalue weighted by molar-refractivity contribution is 5.77. The second kappa shape index (κ2) is 5.99. The van der Waals surface area contributed by atoms with Crippen molar-refractivity contribution < 1.29 is 0 Å². The number of aromatic nitrogens is 2. The number of para-hydroxylation sites is 1. The number of rotatable bonds is 5. The molecular weight excluding hydrogens is 226 g/mol. The van der Waals surface area contributed by atoms with Crippen LogP contribution in [0.3, 0.4) is 0 Å².